The minimum absolute atomic E-state index is 0.0805. The third-order valence-corrected chi connectivity index (χ3v) is 6.11. The largest absolute Gasteiger partial charge is 0.497 e. The number of aromatic hydroxyl groups is 1. The van der Waals surface area contributed by atoms with Crippen LogP contribution < -0.4 is 4.74 Å². The van der Waals surface area contributed by atoms with Crippen LogP contribution in [0.2, 0.25) is 0 Å². The monoisotopic (exact) mass is 443 g/mol. The molecule has 31 heavy (non-hydrogen) atoms. The van der Waals surface area contributed by atoms with Crippen LogP contribution in [0.3, 0.4) is 0 Å². The van der Waals surface area contributed by atoms with Gasteiger partial charge in [0.2, 0.25) is 0 Å². The van der Waals surface area contributed by atoms with Gasteiger partial charge in [0.25, 0.3) is 0 Å². The maximum absolute atomic E-state index is 12.4. The molecular formula is C23H25NO6S. The van der Waals surface area contributed by atoms with Crippen LogP contribution in [-0.2, 0) is 25.8 Å². The third-order valence-electron chi connectivity index (χ3n) is 5.02. The Morgan fingerprint density at radius 2 is 1.81 bits per heavy atom. The fourth-order valence-corrected chi connectivity index (χ4v) is 4.03. The fraction of sp³-hybridized carbons (Fsp3) is 0.261. The van der Waals surface area contributed by atoms with Gasteiger partial charge in [0.05, 0.1) is 30.7 Å². The van der Waals surface area contributed by atoms with E-state index in [0.717, 1.165) is 17.4 Å². The van der Waals surface area contributed by atoms with Gasteiger partial charge in [-0.25, -0.2) is 8.42 Å². The summed E-state index contributed by atoms with van der Waals surface area (Å²) < 4.78 is 36.4. The molecule has 0 fully saturated rings. The zero-order valence-electron chi connectivity index (χ0n) is 17.9. The molecule has 164 valence electrons. The minimum atomic E-state index is -3.52. The van der Waals surface area contributed by atoms with Crippen molar-refractivity contribution in [3.05, 3.63) is 59.8 Å². The first-order chi connectivity index (χ1) is 14.7. The lowest BCUT2D eigenvalue weighted by Gasteiger charge is -2.16. The van der Waals surface area contributed by atoms with E-state index in [4.69, 9.17) is 9.47 Å². The first-order valence-electron chi connectivity index (χ1n) is 9.70. The summed E-state index contributed by atoms with van der Waals surface area (Å²) in [5.74, 6) is 0.103. The number of benzene rings is 2. The van der Waals surface area contributed by atoms with Crippen molar-refractivity contribution in [3.63, 3.8) is 0 Å². The van der Waals surface area contributed by atoms with E-state index < -0.39 is 15.8 Å². The van der Waals surface area contributed by atoms with E-state index in [9.17, 15) is 18.3 Å². The molecule has 1 N–H and O–H groups in total. The number of methoxy groups -OCH3 is 1. The Balaban J connectivity index is 2.16. The molecule has 0 unspecified atom stereocenters. The zero-order chi connectivity index (χ0) is 22.8. The summed E-state index contributed by atoms with van der Waals surface area (Å²) in [5, 5.41) is 10.7. The van der Waals surface area contributed by atoms with E-state index >= 15 is 0 Å². The molecule has 0 atom stereocenters. The molecule has 7 nitrogen and oxygen atoms in total. The van der Waals surface area contributed by atoms with Gasteiger partial charge < -0.3 is 14.6 Å². The van der Waals surface area contributed by atoms with E-state index in [2.05, 4.69) is 0 Å². The second kappa shape index (κ2) is 8.85. The highest BCUT2D eigenvalue weighted by Gasteiger charge is 2.20. The Morgan fingerprint density at radius 1 is 1.13 bits per heavy atom. The van der Waals surface area contributed by atoms with Crippen molar-refractivity contribution >= 4 is 15.8 Å². The predicted octanol–water partition coefficient (Wildman–Crippen LogP) is 3.68. The Hall–Kier alpha value is -3.26. The van der Waals surface area contributed by atoms with E-state index in [-0.39, 0.29) is 23.8 Å². The maximum atomic E-state index is 12.4. The van der Waals surface area contributed by atoms with E-state index in [0.29, 0.717) is 22.6 Å². The average molecular weight is 444 g/mol. The Morgan fingerprint density at radius 3 is 2.39 bits per heavy atom. The van der Waals surface area contributed by atoms with Crippen LogP contribution in [0.1, 0.15) is 18.1 Å². The molecule has 1 heterocycles. The summed E-state index contributed by atoms with van der Waals surface area (Å²) in [4.78, 5) is 11.9. The maximum Gasteiger partial charge on any atom is 0.310 e. The summed E-state index contributed by atoms with van der Waals surface area (Å²) in [7, 11) is -1.94. The highest BCUT2D eigenvalue weighted by atomic mass is 32.2. The van der Waals surface area contributed by atoms with Crippen molar-refractivity contribution in [2.75, 3.05) is 20.0 Å². The number of aromatic nitrogens is 1. The molecule has 3 rings (SSSR count). The number of carbonyl (C=O) groups excluding carboxylic acids is 1. The molecule has 0 amide bonds. The Labute approximate surface area is 181 Å². The fourth-order valence-electron chi connectivity index (χ4n) is 3.37. The summed E-state index contributed by atoms with van der Waals surface area (Å²) in [5.41, 5.74) is 3.19. The summed E-state index contributed by atoms with van der Waals surface area (Å²) >= 11 is 0. The second-order valence-corrected chi connectivity index (χ2v) is 9.15. The SMILES string of the molecule is CCOC(=O)Cc1ccn(-c2cc(S(C)(=O)=O)cc(-c3ccc(OC)cc3)c2C)c1O. The van der Waals surface area contributed by atoms with Crippen molar-refractivity contribution in [2.45, 2.75) is 25.2 Å². The standard InChI is InChI=1S/C23H25NO6S/c1-5-30-22(25)12-17-10-11-24(23(17)26)21-14-19(31(4,27)28)13-20(15(21)2)16-6-8-18(29-3)9-7-16/h6-11,13-14,26H,5,12H2,1-4H3. The van der Waals surface area contributed by atoms with Crippen molar-refractivity contribution in [3.8, 4) is 28.4 Å². The Kier molecular flexibility index (Phi) is 6.40. The van der Waals surface area contributed by atoms with Crippen molar-refractivity contribution in [1.29, 1.82) is 0 Å². The molecule has 2 aromatic carbocycles. The number of hydrogen-bond donors (Lipinski definition) is 1. The second-order valence-electron chi connectivity index (χ2n) is 7.13. The number of ether oxygens (including phenoxy) is 2. The summed E-state index contributed by atoms with van der Waals surface area (Å²) in [6, 6.07) is 12.0. The van der Waals surface area contributed by atoms with Gasteiger partial charge >= 0.3 is 5.97 Å². The van der Waals surface area contributed by atoms with E-state index in [1.807, 2.05) is 19.1 Å². The van der Waals surface area contributed by atoms with Crippen LogP contribution in [0.4, 0.5) is 0 Å². The van der Waals surface area contributed by atoms with Crippen LogP contribution in [-0.4, -0.2) is 44.0 Å². The zero-order valence-corrected chi connectivity index (χ0v) is 18.7. The van der Waals surface area contributed by atoms with Gasteiger partial charge in [0.15, 0.2) is 15.7 Å². The molecule has 0 bridgehead atoms. The molecule has 0 spiro atoms. The highest BCUT2D eigenvalue weighted by Crippen LogP contribution is 2.35. The molecule has 0 radical (unpaired) electrons. The highest BCUT2D eigenvalue weighted by molar-refractivity contribution is 7.90. The number of hydrogen-bond acceptors (Lipinski definition) is 6. The molecule has 0 saturated carbocycles. The van der Waals surface area contributed by atoms with Crippen molar-refractivity contribution in [2.24, 2.45) is 0 Å². The lowest BCUT2D eigenvalue weighted by molar-refractivity contribution is -0.142. The lowest BCUT2D eigenvalue weighted by atomic mass is 9.99. The third kappa shape index (κ3) is 4.74. The van der Waals surface area contributed by atoms with E-state index in [1.54, 1.807) is 44.5 Å². The molecule has 8 heteroatoms. The number of sulfone groups is 1. The molecule has 1 aromatic heterocycles. The average Bonchev–Trinajstić information content (AvgIpc) is 3.07. The van der Waals surface area contributed by atoms with E-state index in [1.165, 1.54) is 10.6 Å². The summed E-state index contributed by atoms with van der Waals surface area (Å²) in [6.45, 7) is 3.82. The number of esters is 1. The molecule has 0 aliphatic carbocycles. The van der Waals surface area contributed by atoms with Crippen LogP contribution in [0.15, 0.2) is 53.6 Å². The molecule has 0 saturated heterocycles. The van der Waals surface area contributed by atoms with Crippen LogP contribution in [0.25, 0.3) is 16.8 Å². The molecular weight excluding hydrogens is 418 g/mol. The van der Waals surface area contributed by atoms with Gasteiger partial charge in [-0.1, -0.05) is 12.1 Å². The Bertz CT molecular complexity index is 1210. The normalized spacial score (nSPS) is 11.4. The first-order valence-corrected chi connectivity index (χ1v) is 11.6. The van der Waals surface area contributed by atoms with Gasteiger partial charge in [-0.15, -0.1) is 0 Å². The molecule has 0 aliphatic heterocycles. The van der Waals surface area contributed by atoms with Crippen molar-refractivity contribution < 1.29 is 27.8 Å². The van der Waals surface area contributed by atoms with Gasteiger partial charge in [-0.3, -0.25) is 9.36 Å². The van der Waals surface area contributed by atoms with Gasteiger partial charge in [-0.2, -0.15) is 0 Å². The van der Waals surface area contributed by atoms with Crippen LogP contribution in [0.5, 0.6) is 11.6 Å². The molecule has 3 aromatic rings. The lowest BCUT2D eigenvalue weighted by Crippen LogP contribution is -2.07. The van der Waals surface area contributed by atoms with Crippen LogP contribution in [0, 0.1) is 6.92 Å². The number of rotatable bonds is 7. The van der Waals surface area contributed by atoms with Gasteiger partial charge in [0, 0.05) is 18.0 Å². The topological polar surface area (TPSA) is 94.8 Å². The summed E-state index contributed by atoms with van der Waals surface area (Å²) in [6.07, 6.45) is 2.67. The van der Waals surface area contributed by atoms with Gasteiger partial charge in [0.1, 0.15) is 5.75 Å². The quantitative estimate of drug-likeness (QED) is 0.560. The smallest absolute Gasteiger partial charge is 0.310 e. The molecule has 0 aliphatic rings. The minimum Gasteiger partial charge on any atom is -0.497 e. The predicted molar refractivity (Wildman–Crippen MR) is 118 cm³/mol. The van der Waals surface area contributed by atoms with Crippen LogP contribution >= 0.6 is 0 Å². The first kappa shape index (κ1) is 22.4. The number of carbonyl (C=O) groups is 1. The van der Waals surface area contributed by atoms with Gasteiger partial charge in [-0.05, 0) is 60.9 Å². The number of nitrogens with zero attached hydrogens (tertiary/aromatic N) is 1. The van der Waals surface area contributed by atoms with Crippen molar-refractivity contribution in [1.82, 2.24) is 4.57 Å².